The fraction of sp³-hybridized carbons (Fsp3) is 0.286. The molecule has 0 aliphatic carbocycles. The van der Waals surface area contributed by atoms with Crippen LogP contribution in [0.15, 0.2) is 21.7 Å². The Morgan fingerprint density at radius 1 is 1.64 bits per heavy atom. The summed E-state index contributed by atoms with van der Waals surface area (Å²) in [4.78, 5) is 10.6. The van der Waals surface area contributed by atoms with Crippen LogP contribution in [0.2, 0.25) is 0 Å². The van der Waals surface area contributed by atoms with E-state index in [1.165, 1.54) is 6.07 Å². The Bertz CT molecular complexity index is 409. The molecule has 0 fully saturated rings. The van der Waals surface area contributed by atoms with Crippen molar-refractivity contribution >= 4 is 27.1 Å². The van der Waals surface area contributed by atoms with Gasteiger partial charge in [-0.3, -0.25) is 4.79 Å². The van der Waals surface area contributed by atoms with Crippen molar-refractivity contribution in [2.24, 2.45) is 5.73 Å². The minimum absolute atomic E-state index is 0.0374. The Morgan fingerprint density at radius 2 is 2.29 bits per heavy atom. The Hall–Kier alpha value is -0.920. The average Bonchev–Trinajstić information content (AvgIpc) is 2.55. The van der Waals surface area contributed by atoms with Crippen LogP contribution in [-0.2, 0) is 14.6 Å². The monoisotopic (exact) mass is 235 g/mol. The van der Waals surface area contributed by atoms with Crippen molar-refractivity contribution in [3.05, 3.63) is 17.5 Å². The van der Waals surface area contributed by atoms with E-state index in [-0.39, 0.29) is 4.21 Å². The highest BCUT2D eigenvalue weighted by atomic mass is 32.2. The van der Waals surface area contributed by atoms with E-state index in [4.69, 9.17) is 10.8 Å². The molecule has 1 unspecified atom stereocenters. The third-order valence-corrected chi connectivity index (χ3v) is 5.13. The van der Waals surface area contributed by atoms with Crippen LogP contribution < -0.4 is 5.73 Å². The zero-order valence-corrected chi connectivity index (χ0v) is 8.72. The smallest absolute Gasteiger partial charge is 0.323 e. The van der Waals surface area contributed by atoms with E-state index in [1.54, 1.807) is 11.4 Å². The maximum absolute atomic E-state index is 11.6. The maximum Gasteiger partial charge on any atom is 0.323 e. The molecule has 0 radical (unpaired) electrons. The molecule has 1 rings (SSSR count). The Morgan fingerprint density at radius 3 is 2.64 bits per heavy atom. The predicted molar refractivity (Wildman–Crippen MR) is 52.0 cm³/mol. The number of hydrogen-bond acceptors (Lipinski definition) is 5. The van der Waals surface area contributed by atoms with Crippen molar-refractivity contribution in [1.29, 1.82) is 0 Å². The first-order valence-electron chi connectivity index (χ1n) is 3.70. The van der Waals surface area contributed by atoms with Crippen LogP contribution in [0.3, 0.4) is 0 Å². The molecule has 0 spiro atoms. The second kappa shape index (κ2) is 4.07. The lowest BCUT2D eigenvalue weighted by Gasteiger charge is -2.08. The first kappa shape index (κ1) is 11.2. The maximum atomic E-state index is 11.6. The SMILES string of the molecule is NCC(C(=O)O)S(=O)(=O)c1cccs1. The van der Waals surface area contributed by atoms with E-state index in [0.717, 1.165) is 11.3 Å². The van der Waals surface area contributed by atoms with Gasteiger partial charge >= 0.3 is 5.97 Å². The number of nitrogens with two attached hydrogens (primary N) is 1. The highest BCUT2D eigenvalue weighted by Crippen LogP contribution is 2.20. The lowest BCUT2D eigenvalue weighted by atomic mass is 10.4. The standard InChI is InChI=1S/C7H9NO4S2/c8-4-5(7(9)10)14(11,12)6-2-1-3-13-6/h1-3,5H,4,8H2,(H,9,10). The van der Waals surface area contributed by atoms with Crippen LogP contribution >= 0.6 is 11.3 Å². The molecule has 14 heavy (non-hydrogen) atoms. The molecule has 0 bridgehead atoms. The van der Waals surface area contributed by atoms with E-state index in [1.807, 2.05) is 0 Å². The molecule has 0 aliphatic rings. The zero-order chi connectivity index (χ0) is 10.8. The van der Waals surface area contributed by atoms with Gasteiger partial charge in [0.05, 0.1) is 0 Å². The number of sulfone groups is 1. The Balaban J connectivity index is 3.13. The van der Waals surface area contributed by atoms with Crippen molar-refractivity contribution in [3.63, 3.8) is 0 Å². The summed E-state index contributed by atoms with van der Waals surface area (Å²) in [5.41, 5.74) is 5.11. The van der Waals surface area contributed by atoms with E-state index in [2.05, 4.69) is 0 Å². The van der Waals surface area contributed by atoms with Gasteiger partial charge in [0.1, 0.15) is 4.21 Å². The molecule has 1 heterocycles. The number of thiophene rings is 1. The number of aliphatic carboxylic acids is 1. The summed E-state index contributed by atoms with van der Waals surface area (Å²) in [6.07, 6.45) is 0. The average molecular weight is 235 g/mol. The summed E-state index contributed by atoms with van der Waals surface area (Å²) in [7, 11) is -3.81. The van der Waals surface area contributed by atoms with Gasteiger partial charge in [-0.1, -0.05) is 6.07 Å². The summed E-state index contributed by atoms with van der Waals surface area (Å²) in [5.74, 6) is -1.42. The van der Waals surface area contributed by atoms with E-state index >= 15 is 0 Å². The van der Waals surface area contributed by atoms with Crippen LogP contribution in [0, 0.1) is 0 Å². The van der Waals surface area contributed by atoms with Gasteiger partial charge in [-0.15, -0.1) is 11.3 Å². The highest BCUT2D eigenvalue weighted by molar-refractivity contribution is 7.94. The number of carbonyl (C=O) groups is 1. The molecule has 0 aliphatic heterocycles. The molecule has 7 heteroatoms. The van der Waals surface area contributed by atoms with Crippen molar-refractivity contribution in [2.45, 2.75) is 9.46 Å². The second-order valence-electron chi connectivity index (χ2n) is 2.54. The summed E-state index contributed by atoms with van der Waals surface area (Å²) >= 11 is 0.984. The molecule has 1 aromatic rings. The van der Waals surface area contributed by atoms with Gasteiger partial charge in [0, 0.05) is 6.54 Å². The molecule has 0 saturated carbocycles. The van der Waals surface area contributed by atoms with Crippen LogP contribution in [0.25, 0.3) is 0 Å². The lowest BCUT2D eigenvalue weighted by Crippen LogP contribution is -2.36. The van der Waals surface area contributed by atoms with E-state index in [9.17, 15) is 13.2 Å². The Labute approximate surface area is 85.1 Å². The molecule has 0 aromatic carbocycles. The van der Waals surface area contributed by atoms with Crippen LogP contribution in [0.1, 0.15) is 0 Å². The van der Waals surface area contributed by atoms with Crippen molar-refractivity contribution in [3.8, 4) is 0 Å². The van der Waals surface area contributed by atoms with Crippen LogP contribution in [0.4, 0.5) is 0 Å². The van der Waals surface area contributed by atoms with Gasteiger partial charge in [-0.25, -0.2) is 8.42 Å². The van der Waals surface area contributed by atoms with Crippen molar-refractivity contribution in [2.75, 3.05) is 6.54 Å². The van der Waals surface area contributed by atoms with Crippen LogP contribution in [-0.4, -0.2) is 31.3 Å². The number of hydrogen-bond donors (Lipinski definition) is 2. The fourth-order valence-electron chi connectivity index (χ4n) is 0.926. The third-order valence-electron chi connectivity index (χ3n) is 1.64. The van der Waals surface area contributed by atoms with E-state index < -0.39 is 27.6 Å². The topological polar surface area (TPSA) is 97.5 Å². The van der Waals surface area contributed by atoms with Crippen molar-refractivity contribution in [1.82, 2.24) is 0 Å². The molecule has 0 amide bonds. The van der Waals surface area contributed by atoms with Gasteiger partial charge in [-0.2, -0.15) is 0 Å². The first-order valence-corrected chi connectivity index (χ1v) is 6.13. The zero-order valence-electron chi connectivity index (χ0n) is 7.08. The molecule has 3 N–H and O–H groups in total. The predicted octanol–water partition coefficient (Wildman–Crippen LogP) is -0.0663. The summed E-state index contributed by atoms with van der Waals surface area (Å²) in [5, 5.41) is 8.67. The normalized spacial score (nSPS) is 13.8. The molecule has 0 saturated heterocycles. The number of carboxylic acid groups (broad SMARTS) is 1. The van der Waals surface area contributed by atoms with Gasteiger partial charge in [-0.05, 0) is 11.4 Å². The van der Waals surface area contributed by atoms with Gasteiger partial charge in [0.2, 0.25) is 9.84 Å². The van der Waals surface area contributed by atoms with Crippen molar-refractivity contribution < 1.29 is 18.3 Å². The molecular weight excluding hydrogens is 226 g/mol. The van der Waals surface area contributed by atoms with Gasteiger partial charge < -0.3 is 10.8 Å². The highest BCUT2D eigenvalue weighted by Gasteiger charge is 2.33. The quantitative estimate of drug-likeness (QED) is 0.761. The second-order valence-corrected chi connectivity index (χ2v) is 5.84. The lowest BCUT2D eigenvalue weighted by molar-refractivity contribution is -0.136. The molecule has 78 valence electrons. The first-order chi connectivity index (χ1) is 6.50. The van der Waals surface area contributed by atoms with Gasteiger partial charge in [0.15, 0.2) is 5.25 Å². The fourth-order valence-corrected chi connectivity index (χ4v) is 3.49. The molecule has 1 aromatic heterocycles. The summed E-state index contributed by atoms with van der Waals surface area (Å²) < 4.78 is 23.3. The molecule has 1 atom stereocenters. The molecular formula is C7H9NO4S2. The summed E-state index contributed by atoms with van der Waals surface area (Å²) in [6, 6.07) is 2.92. The van der Waals surface area contributed by atoms with E-state index in [0.29, 0.717) is 0 Å². The third kappa shape index (κ3) is 1.94. The Kier molecular flexibility index (Phi) is 3.25. The minimum Gasteiger partial charge on any atom is -0.480 e. The minimum atomic E-state index is -3.81. The van der Waals surface area contributed by atoms with Crippen LogP contribution in [0.5, 0.6) is 0 Å². The van der Waals surface area contributed by atoms with Gasteiger partial charge in [0.25, 0.3) is 0 Å². The molecule has 5 nitrogen and oxygen atoms in total. The number of rotatable bonds is 4. The summed E-state index contributed by atoms with van der Waals surface area (Å²) in [6.45, 7) is -0.421. The largest absolute Gasteiger partial charge is 0.480 e. The number of carboxylic acids is 1.